The number of hydrogen-bond donors (Lipinski definition) is 2. The largest absolute Gasteiger partial charge is 0.369 e. The number of fused-ring (bicyclic) bond motifs is 2. The first kappa shape index (κ1) is 9.90. The first-order valence-corrected chi connectivity index (χ1v) is 5.51. The fourth-order valence-corrected chi connectivity index (χ4v) is 2.20. The highest BCUT2D eigenvalue weighted by atomic mass is 16.1. The van der Waals surface area contributed by atoms with E-state index in [9.17, 15) is 4.79 Å². The number of aromatic amines is 1. The molecule has 0 aliphatic carbocycles. The normalized spacial score (nSPS) is 11.1. The number of hydrogen-bond acceptors (Lipinski definition) is 1. The van der Waals surface area contributed by atoms with Crippen molar-refractivity contribution in [1.29, 1.82) is 0 Å². The second-order valence-corrected chi connectivity index (χ2v) is 4.20. The standard InChI is InChI=1S/C14H12N2O/c15-14(17)7-11-8-16-13-6-10-4-2-1-3-9(10)5-12(11)13/h1-6,8,16H,7H2,(H2,15,17). The fourth-order valence-electron chi connectivity index (χ4n) is 2.20. The molecule has 0 saturated carbocycles. The summed E-state index contributed by atoms with van der Waals surface area (Å²) in [4.78, 5) is 14.2. The molecule has 0 radical (unpaired) electrons. The molecule has 0 spiro atoms. The average Bonchev–Trinajstić information content (AvgIpc) is 2.68. The summed E-state index contributed by atoms with van der Waals surface area (Å²) in [5, 5.41) is 3.43. The number of amides is 1. The van der Waals surface area contributed by atoms with Gasteiger partial charge < -0.3 is 10.7 Å². The Labute approximate surface area is 98.2 Å². The molecule has 1 aromatic heterocycles. The van der Waals surface area contributed by atoms with Gasteiger partial charge >= 0.3 is 0 Å². The molecule has 0 aliphatic heterocycles. The van der Waals surface area contributed by atoms with Crippen molar-refractivity contribution in [3.05, 3.63) is 48.2 Å². The topological polar surface area (TPSA) is 58.9 Å². The summed E-state index contributed by atoms with van der Waals surface area (Å²) < 4.78 is 0. The molecule has 3 rings (SSSR count). The third-order valence-electron chi connectivity index (χ3n) is 3.00. The zero-order chi connectivity index (χ0) is 11.8. The highest BCUT2D eigenvalue weighted by molar-refractivity contribution is 5.99. The minimum Gasteiger partial charge on any atom is -0.369 e. The SMILES string of the molecule is NC(=O)Cc1c[nH]c2cc3ccccc3cc12. The van der Waals surface area contributed by atoms with E-state index in [-0.39, 0.29) is 12.3 Å². The predicted octanol–water partition coefficient (Wildman–Crippen LogP) is 2.35. The number of carbonyl (C=O) groups excluding carboxylic acids is 1. The summed E-state index contributed by atoms with van der Waals surface area (Å²) in [5.41, 5.74) is 7.23. The Morgan fingerprint density at radius 3 is 2.59 bits per heavy atom. The average molecular weight is 224 g/mol. The Morgan fingerprint density at radius 1 is 1.18 bits per heavy atom. The van der Waals surface area contributed by atoms with Crippen molar-refractivity contribution in [2.45, 2.75) is 6.42 Å². The number of primary amides is 1. The van der Waals surface area contributed by atoms with Crippen LogP contribution in [0.1, 0.15) is 5.56 Å². The fraction of sp³-hybridized carbons (Fsp3) is 0.0714. The summed E-state index contributed by atoms with van der Waals surface area (Å²) in [6, 6.07) is 12.4. The number of rotatable bonds is 2. The molecule has 1 heterocycles. The lowest BCUT2D eigenvalue weighted by atomic mass is 10.0. The van der Waals surface area contributed by atoms with Crippen LogP contribution in [0.4, 0.5) is 0 Å². The molecule has 0 bridgehead atoms. The minimum absolute atomic E-state index is 0.276. The lowest BCUT2D eigenvalue weighted by Crippen LogP contribution is -2.13. The molecule has 2 aromatic carbocycles. The number of benzene rings is 2. The maximum Gasteiger partial charge on any atom is 0.221 e. The molecule has 0 fully saturated rings. The molecule has 3 aromatic rings. The highest BCUT2D eigenvalue weighted by Crippen LogP contribution is 2.25. The quantitative estimate of drug-likeness (QED) is 0.689. The van der Waals surface area contributed by atoms with Gasteiger partial charge in [0.25, 0.3) is 0 Å². The van der Waals surface area contributed by atoms with E-state index in [0.29, 0.717) is 0 Å². The molecule has 0 saturated heterocycles. The van der Waals surface area contributed by atoms with Gasteiger partial charge in [-0.15, -0.1) is 0 Å². The predicted molar refractivity (Wildman–Crippen MR) is 68.7 cm³/mol. The van der Waals surface area contributed by atoms with Crippen molar-refractivity contribution < 1.29 is 4.79 Å². The van der Waals surface area contributed by atoms with Gasteiger partial charge in [0.1, 0.15) is 0 Å². The number of H-pyrrole nitrogens is 1. The van der Waals surface area contributed by atoms with Gasteiger partial charge in [-0.25, -0.2) is 0 Å². The second kappa shape index (κ2) is 3.63. The van der Waals surface area contributed by atoms with Crippen LogP contribution in [0.25, 0.3) is 21.7 Å². The molecule has 3 heteroatoms. The van der Waals surface area contributed by atoms with Crippen LogP contribution < -0.4 is 5.73 Å². The van der Waals surface area contributed by atoms with Crippen molar-refractivity contribution in [1.82, 2.24) is 4.98 Å². The molecule has 17 heavy (non-hydrogen) atoms. The van der Waals surface area contributed by atoms with Crippen molar-refractivity contribution in [2.24, 2.45) is 5.73 Å². The van der Waals surface area contributed by atoms with Gasteiger partial charge in [0.05, 0.1) is 6.42 Å². The van der Waals surface area contributed by atoms with Crippen molar-refractivity contribution in [3.63, 3.8) is 0 Å². The second-order valence-electron chi connectivity index (χ2n) is 4.20. The first-order chi connectivity index (χ1) is 8.24. The van der Waals surface area contributed by atoms with E-state index < -0.39 is 0 Å². The van der Waals surface area contributed by atoms with Crippen LogP contribution in [0.15, 0.2) is 42.6 Å². The Kier molecular flexibility index (Phi) is 2.11. The molecular formula is C14H12N2O. The van der Waals surface area contributed by atoms with Crippen LogP contribution >= 0.6 is 0 Å². The van der Waals surface area contributed by atoms with Gasteiger partial charge in [-0.1, -0.05) is 24.3 Å². The van der Waals surface area contributed by atoms with Gasteiger partial charge in [-0.05, 0) is 28.5 Å². The highest BCUT2D eigenvalue weighted by Gasteiger charge is 2.07. The van der Waals surface area contributed by atoms with Crippen LogP contribution in [0, 0.1) is 0 Å². The van der Waals surface area contributed by atoms with Crippen LogP contribution in [0.2, 0.25) is 0 Å². The lowest BCUT2D eigenvalue weighted by Gasteiger charge is -1.99. The first-order valence-electron chi connectivity index (χ1n) is 5.51. The number of carbonyl (C=O) groups is 1. The van der Waals surface area contributed by atoms with Crippen LogP contribution in [-0.4, -0.2) is 10.9 Å². The maximum absolute atomic E-state index is 11.0. The number of aromatic nitrogens is 1. The van der Waals surface area contributed by atoms with E-state index in [2.05, 4.69) is 29.2 Å². The van der Waals surface area contributed by atoms with E-state index >= 15 is 0 Å². The molecule has 3 nitrogen and oxygen atoms in total. The third kappa shape index (κ3) is 1.65. The Morgan fingerprint density at radius 2 is 1.88 bits per heavy atom. The summed E-state index contributed by atoms with van der Waals surface area (Å²) in [5.74, 6) is -0.306. The summed E-state index contributed by atoms with van der Waals surface area (Å²) in [6.45, 7) is 0. The van der Waals surface area contributed by atoms with E-state index in [4.69, 9.17) is 5.73 Å². The molecule has 84 valence electrons. The number of nitrogens with one attached hydrogen (secondary N) is 1. The molecular weight excluding hydrogens is 212 g/mol. The summed E-state index contributed by atoms with van der Waals surface area (Å²) >= 11 is 0. The maximum atomic E-state index is 11.0. The Bertz CT molecular complexity index is 712. The monoisotopic (exact) mass is 224 g/mol. The van der Waals surface area contributed by atoms with Crippen LogP contribution in [-0.2, 0) is 11.2 Å². The van der Waals surface area contributed by atoms with Gasteiger partial charge in [0.2, 0.25) is 5.91 Å². The molecule has 1 amide bonds. The third-order valence-corrected chi connectivity index (χ3v) is 3.00. The zero-order valence-corrected chi connectivity index (χ0v) is 9.23. The van der Waals surface area contributed by atoms with E-state index in [1.54, 1.807) is 0 Å². The minimum atomic E-state index is -0.306. The lowest BCUT2D eigenvalue weighted by molar-refractivity contribution is -0.117. The van der Waals surface area contributed by atoms with E-state index in [0.717, 1.165) is 16.5 Å². The molecule has 0 unspecified atom stereocenters. The number of nitrogens with two attached hydrogens (primary N) is 1. The summed E-state index contributed by atoms with van der Waals surface area (Å²) in [6.07, 6.45) is 2.13. The zero-order valence-electron chi connectivity index (χ0n) is 9.23. The van der Waals surface area contributed by atoms with Crippen molar-refractivity contribution in [2.75, 3.05) is 0 Å². The Balaban J connectivity index is 2.27. The molecule has 3 N–H and O–H groups in total. The molecule has 0 aliphatic rings. The van der Waals surface area contributed by atoms with Crippen LogP contribution in [0.3, 0.4) is 0 Å². The van der Waals surface area contributed by atoms with E-state index in [1.165, 1.54) is 10.8 Å². The van der Waals surface area contributed by atoms with Gasteiger partial charge in [0, 0.05) is 17.1 Å². The van der Waals surface area contributed by atoms with E-state index in [1.807, 2.05) is 18.3 Å². The van der Waals surface area contributed by atoms with Gasteiger partial charge in [-0.3, -0.25) is 4.79 Å². The Hall–Kier alpha value is -2.29. The summed E-state index contributed by atoms with van der Waals surface area (Å²) in [7, 11) is 0. The van der Waals surface area contributed by atoms with Gasteiger partial charge in [0.15, 0.2) is 0 Å². The molecule has 0 atom stereocenters. The van der Waals surface area contributed by atoms with Crippen molar-refractivity contribution in [3.8, 4) is 0 Å². The van der Waals surface area contributed by atoms with Crippen LogP contribution in [0.5, 0.6) is 0 Å². The smallest absolute Gasteiger partial charge is 0.221 e. The van der Waals surface area contributed by atoms with Gasteiger partial charge in [-0.2, -0.15) is 0 Å². The van der Waals surface area contributed by atoms with Crippen molar-refractivity contribution >= 4 is 27.6 Å².